The Labute approximate surface area is 44.2 Å². The molecule has 0 heterocycles. The van der Waals surface area contributed by atoms with Gasteiger partial charge in [-0.2, -0.15) is 0 Å². The van der Waals surface area contributed by atoms with E-state index in [1.165, 1.54) is 12.8 Å². The van der Waals surface area contributed by atoms with Crippen molar-refractivity contribution < 1.29 is 0 Å². The van der Waals surface area contributed by atoms with E-state index in [0.29, 0.717) is 0 Å². The summed E-state index contributed by atoms with van der Waals surface area (Å²) in [5.41, 5.74) is 5.56. The molecule has 0 amide bonds. The average Bonchev–Trinajstić information content (AvgIpc) is 2.44. The molecule has 40 valence electrons. The minimum atomic E-state index is 0.278. The van der Waals surface area contributed by atoms with Gasteiger partial charge < -0.3 is 5.73 Å². The van der Waals surface area contributed by atoms with Crippen molar-refractivity contribution in [1.82, 2.24) is 0 Å². The van der Waals surface area contributed by atoms with Crippen LogP contribution in [0.2, 0.25) is 0 Å². The predicted octanol–water partition coefficient (Wildman–Crippen LogP) is 0.910. The molecule has 0 aromatic carbocycles. The summed E-state index contributed by atoms with van der Waals surface area (Å²) in [6, 6.07) is 0.278. The van der Waals surface area contributed by atoms with Crippen LogP contribution in [0.4, 0.5) is 0 Å². The zero-order valence-electron chi connectivity index (χ0n) is 4.43. The monoisotopic (exact) mass is 97.1 g/mol. The summed E-state index contributed by atoms with van der Waals surface area (Å²) >= 11 is 0. The summed E-state index contributed by atoms with van der Waals surface area (Å²) in [6.45, 7) is 3.60. The van der Waals surface area contributed by atoms with Crippen LogP contribution in [-0.4, -0.2) is 6.04 Å². The van der Waals surface area contributed by atoms with Crippen LogP contribution >= 0.6 is 0 Å². The molecule has 2 N–H and O–H groups in total. The van der Waals surface area contributed by atoms with Crippen LogP contribution in [0, 0.1) is 5.92 Å². The summed E-state index contributed by atoms with van der Waals surface area (Å²) in [4.78, 5) is 0. The normalized spacial score (nSPS) is 24.1. The summed E-state index contributed by atoms with van der Waals surface area (Å²) in [5, 5.41) is 0. The SMILES string of the molecule is C=C[C@@H](N)C1CC1. The Morgan fingerprint density at radius 3 is 2.43 bits per heavy atom. The molecule has 1 rings (SSSR count). The lowest BCUT2D eigenvalue weighted by Crippen LogP contribution is -2.18. The Morgan fingerprint density at radius 2 is 2.29 bits per heavy atom. The molecule has 0 bridgehead atoms. The van der Waals surface area contributed by atoms with Crippen LogP contribution in [0.3, 0.4) is 0 Å². The van der Waals surface area contributed by atoms with E-state index in [1.54, 1.807) is 0 Å². The number of nitrogens with two attached hydrogens (primary N) is 1. The maximum Gasteiger partial charge on any atom is 0.0249 e. The van der Waals surface area contributed by atoms with E-state index >= 15 is 0 Å². The third-order valence-electron chi connectivity index (χ3n) is 1.44. The molecule has 1 aliphatic rings. The fraction of sp³-hybridized carbons (Fsp3) is 0.667. The minimum absolute atomic E-state index is 0.278. The van der Waals surface area contributed by atoms with E-state index in [4.69, 9.17) is 5.73 Å². The van der Waals surface area contributed by atoms with Gasteiger partial charge in [0, 0.05) is 6.04 Å². The Kier molecular flexibility index (Phi) is 1.15. The molecule has 1 saturated carbocycles. The van der Waals surface area contributed by atoms with Gasteiger partial charge in [-0.3, -0.25) is 0 Å². The fourth-order valence-electron chi connectivity index (χ4n) is 0.674. The molecular weight excluding hydrogens is 86.1 g/mol. The van der Waals surface area contributed by atoms with Gasteiger partial charge in [0.1, 0.15) is 0 Å². The van der Waals surface area contributed by atoms with Crippen LogP contribution in [-0.2, 0) is 0 Å². The highest BCUT2D eigenvalue weighted by Crippen LogP contribution is 2.31. The van der Waals surface area contributed by atoms with E-state index in [2.05, 4.69) is 6.58 Å². The van der Waals surface area contributed by atoms with E-state index in [9.17, 15) is 0 Å². The Morgan fingerprint density at radius 1 is 1.71 bits per heavy atom. The molecule has 1 aliphatic carbocycles. The average molecular weight is 97.2 g/mol. The van der Waals surface area contributed by atoms with Gasteiger partial charge in [0.25, 0.3) is 0 Å². The van der Waals surface area contributed by atoms with E-state index in [1.807, 2.05) is 6.08 Å². The van der Waals surface area contributed by atoms with Crippen molar-refractivity contribution in [3.8, 4) is 0 Å². The maximum atomic E-state index is 5.56. The third kappa shape index (κ3) is 1.03. The first-order valence-corrected chi connectivity index (χ1v) is 2.72. The maximum absolute atomic E-state index is 5.56. The molecule has 0 unspecified atom stereocenters. The van der Waals surface area contributed by atoms with Crippen LogP contribution in [0.25, 0.3) is 0 Å². The van der Waals surface area contributed by atoms with E-state index < -0.39 is 0 Å². The molecule has 1 nitrogen and oxygen atoms in total. The van der Waals surface area contributed by atoms with Gasteiger partial charge in [0.15, 0.2) is 0 Å². The standard InChI is InChI=1S/C6H11N/c1-2-6(7)5-3-4-5/h2,5-6H,1,3-4,7H2/t6-/m1/s1. The van der Waals surface area contributed by atoms with E-state index in [-0.39, 0.29) is 6.04 Å². The Bertz CT molecular complexity index is 74.2. The molecule has 0 spiro atoms. The molecule has 1 atom stereocenters. The summed E-state index contributed by atoms with van der Waals surface area (Å²) < 4.78 is 0. The highest BCUT2D eigenvalue weighted by Gasteiger charge is 2.25. The second kappa shape index (κ2) is 1.66. The zero-order valence-corrected chi connectivity index (χ0v) is 4.43. The quantitative estimate of drug-likeness (QED) is 0.509. The molecular formula is C6H11N. The Hall–Kier alpha value is -0.300. The molecule has 0 saturated heterocycles. The third-order valence-corrected chi connectivity index (χ3v) is 1.44. The van der Waals surface area contributed by atoms with Gasteiger partial charge in [-0.25, -0.2) is 0 Å². The summed E-state index contributed by atoms with van der Waals surface area (Å²) in [5.74, 6) is 0.775. The van der Waals surface area contributed by atoms with Crippen molar-refractivity contribution in [2.24, 2.45) is 11.7 Å². The van der Waals surface area contributed by atoms with E-state index in [0.717, 1.165) is 5.92 Å². The van der Waals surface area contributed by atoms with Crippen molar-refractivity contribution in [1.29, 1.82) is 0 Å². The van der Waals surface area contributed by atoms with Crippen molar-refractivity contribution in [2.45, 2.75) is 18.9 Å². The number of hydrogen-bond donors (Lipinski definition) is 1. The smallest absolute Gasteiger partial charge is 0.0249 e. The van der Waals surface area contributed by atoms with Crippen molar-refractivity contribution in [2.75, 3.05) is 0 Å². The van der Waals surface area contributed by atoms with Gasteiger partial charge in [0.05, 0.1) is 0 Å². The van der Waals surface area contributed by atoms with Crippen molar-refractivity contribution in [3.05, 3.63) is 12.7 Å². The second-order valence-electron chi connectivity index (χ2n) is 2.15. The topological polar surface area (TPSA) is 26.0 Å². The number of hydrogen-bond acceptors (Lipinski definition) is 1. The predicted molar refractivity (Wildman–Crippen MR) is 30.9 cm³/mol. The minimum Gasteiger partial charge on any atom is -0.324 e. The van der Waals surface area contributed by atoms with Crippen molar-refractivity contribution >= 4 is 0 Å². The lowest BCUT2D eigenvalue weighted by Gasteiger charge is -1.98. The lowest BCUT2D eigenvalue weighted by molar-refractivity contribution is 0.712. The molecule has 1 fully saturated rings. The second-order valence-corrected chi connectivity index (χ2v) is 2.15. The van der Waals surface area contributed by atoms with Crippen LogP contribution in [0.15, 0.2) is 12.7 Å². The first-order valence-electron chi connectivity index (χ1n) is 2.72. The zero-order chi connectivity index (χ0) is 5.28. The number of rotatable bonds is 2. The molecule has 0 aromatic heterocycles. The highest BCUT2D eigenvalue weighted by molar-refractivity contribution is 4.94. The summed E-state index contributed by atoms with van der Waals surface area (Å²) in [6.07, 6.45) is 4.46. The van der Waals surface area contributed by atoms with Crippen molar-refractivity contribution in [3.63, 3.8) is 0 Å². The van der Waals surface area contributed by atoms with Crippen LogP contribution < -0.4 is 5.73 Å². The molecule has 0 aliphatic heterocycles. The largest absolute Gasteiger partial charge is 0.324 e. The molecule has 7 heavy (non-hydrogen) atoms. The lowest BCUT2D eigenvalue weighted by atomic mass is 10.2. The first-order chi connectivity index (χ1) is 3.34. The van der Waals surface area contributed by atoms with Crippen LogP contribution in [0.1, 0.15) is 12.8 Å². The Balaban J connectivity index is 2.22. The summed E-state index contributed by atoms with van der Waals surface area (Å²) in [7, 11) is 0. The molecule has 0 aromatic rings. The highest BCUT2D eigenvalue weighted by atomic mass is 14.7. The van der Waals surface area contributed by atoms with Gasteiger partial charge in [0.2, 0.25) is 0 Å². The van der Waals surface area contributed by atoms with Gasteiger partial charge in [-0.1, -0.05) is 6.08 Å². The molecule has 1 heteroatoms. The van der Waals surface area contributed by atoms with Gasteiger partial charge in [-0.15, -0.1) is 6.58 Å². The molecule has 0 radical (unpaired) electrons. The fourth-order valence-corrected chi connectivity index (χ4v) is 0.674. The van der Waals surface area contributed by atoms with Gasteiger partial charge in [-0.05, 0) is 18.8 Å². The van der Waals surface area contributed by atoms with Crippen LogP contribution in [0.5, 0.6) is 0 Å². The first kappa shape index (κ1) is 4.85. The van der Waals surface area contributed by atoms with Gasteiger partial charge >= 0.3 is 0 Å².